The van der Waals surface area contributed by atoms with Crippen LogP contribution < -0.4 is 4.74 Å². The van der Waals surface area contributed by atoms with Gasteiger partial charge in [0.25, 0.3) is 0 Å². The second kappa shape index (κ2) is 12.4. The number of fused-ring (bicyclic) bond motifs is 1. The Labute approximate surface area is 208 Å². The highest BCUT2D eigenvalue weighted by atomic mass is 35.5. The minimum absolute atomic E-state index is 0.0658. The molecular weight excluding hydrogens is 465 g/mol. The summed E-state index contributed by atoms with van der Waals surface area (Å²) in [5.41, 5.74) is 3.84. The number of aliphatic imine (C=N–C) groups is 1. The Morgan fingerprint density at radius 2 is 1.80 bits per heavy atom. The van der Waals surface area contributed by atoms with Crippen LogP contribution in [0.4, 0.5) is 10.1 Å². The van der Waals surface area contributed by atoms with Gasteiger partial charge < -0.3 is 4.74 Å². The Bertz CT molecular complexity index is 1380. The molecule has 0 aliphatic rings. The molecule has 0 aliphatic heterocycles. The lowest BCUT2D eigenvalue weighted by atomic mass is 10.0. The Kier molecular flexibility index (Phi) is 9.09. The zero-order valence-corrected chi connectivity index (χ0v) is 20.3. The van der Waals surface area contributed by atoms with Gasteiger partial charge in [-0.2, -0.15) is 0 Å². The predicted molar refractivity (Wildman–Crippen MR) is 140 cm³/mol. The molecule has 178 valence electrons. The molecule has 4 aromatic rings. The van der Waals surface area contributed by atoms with E-state index in [2.05, 4.69) is 33.1 Å². The van der Waals surface area contributed by atoms with Crippen LogP contribution in [0.3, 0.4) is 0 Å². The van der Waals surface area contributed by atoms with Crippen molar-refractivity contribution in [3.63, 3.8) is 0 Å². The van der Waals surface area contributed by atoms with Crippen molar-refractivity contribution in [3.8, 4) is 5.75 Å². The summed E-state index contributed by atoms with van der Waals surface area (Å²) < 4.78 is 25.5. The maximum Gasteiger partial charge on any atom is 0.149 e. The number of allylic oxidation sites excluding steroid dienone is 4. The summed E-state index contributed by atoms with van der Waals surface area (Å²) >= 11 is 6.45. The Hall–Kier alpha value is -4.03. The summed E-state index contributed by atoms with van der Waals surface area (Å²) in [7, 11) is 0. The van der Waals surface area contributed by atoms with Gasteiger partial charge in [0.2, 0.25) is 0 Å². The van der Waals surface area contributed by atoms with E-state index in [-0.39, 0.29) is 12.3 Å². The van der Waals surface area contributed by atoms with E-state index in [0.29, 0.717) is 38.7 Å². The lowest BCUT2D eigenvalue weighted by Crippen LogP contribution is -2.04. The average molecular weight is 490 g/mol. The predicted octanol–water partition coefficient (Wildman–Crippen LogP) is 8.04. The van der Waals surface area contributed by atoms with Gasteiger partial charge in [-0.1, -0.05) is 87.2 Å². The van der Waals surface area contributed by atoms with Gasteiger partial charge in [-0.15, -0.1) is 0 Å². The first-order valence-electron chi connectivity index (χ1n) is 11.0. The van der Waals surface area contributed by atoms with Crippen molar-refractivity contribution in [2.45, 2.75) is 20.5 Å². The molecule has 0 N–H and O–H groups in total. The van der Waals surface area contributed by atoms with E-state index in [1.54, 1.807) is 36.4 Å². The Balaban J connectivity index is 0.00000167. The molecule has 4 rings (SSSR count). The van der Waals surface area contributed by atoms with Gasteiger partial charge in [0.05, 0.1) is 5.71 Å². The van der Waals surface area contributed by atoms with Gasteiger partial charge in [-0.3, -0.25) is 0 Å². The largest absolute Gasteiger partial charge is 0.489 e. The van der Waals surface area contributed by atoms with E-state index < -0.39 is 5.82 Å². The maximum absolute atomic E-state index is 15.0. The molecule has 0 amide bonds. The number of hydrogen-bond acceptors (Lipinski definition) is 5. The Morgan fingerprint density at radius 3 is 2.51 bits per heavy atom. The van der Waals surface area contributed by atoms with Gasteiger partial charge in [-0.25, -0.2) is 14.0 Å². The monoisotopic (exact) mass is 489 g/mol. The van der Waals surface area contributed by atoms with Gasteiger partial charge in [0.1, 0.15) is 34.9 Å². The van der Waals surface area contributed by atoms with Crippen molar-refractivity contribution in [1.29, 1.82) is 0 Å². The van der Waals surface area contributed by atoms with E-state index >= 15 is 4.39 Å². The fraction of sp³-hybridized carbons (Fsp3) is 0.107. The number of aromatic nitrogens is 2. The second-order valence-electron chi connectivity index (χ2n) is 6.99. The van der Waals surface area contributed by atoms with Crippen LogP contribution in [0.1, 0.15) is 25.0 Å². The molecule has 0 aliphatic carbocycles. The summed E-state index contributed by atoms with van der Waals surface area (Å²) in [5, 5.41) is 7.86. The van der Waals surface area contributed by atoms with Crippen molar-refractivity contribution < 1.29 is 13.8 Å². The number of halogens is 2. The van der Waals surface area contributed by atoms with Gasteiger partial charge >= 0.3 is 0 Å². The van der Waals surface area contributed by atoms with Crippen LogP contribution in [0.15, 0.2) is 107 Å². The summed E-state index contributed by atoms with van der Waals surface area (Å²) in [5.74, 6) is 0.0120. The van der Waals surface area contributed by atoms with Gasteiger partial charge in [0.15, 0.2) is 0 Å². The van der Waals surface area contributed by atoms with Crippen molar-refractivity contribution in [3.05, 3.63) is 120 Å². The smallest absolute Gasteiger partial charge is 0.149 e. The SMILES string of the molecule is C=C/C=C(\C=C)C(=Nc1cc(Cl)c(COc2ccc3nonc3c2)cc1F)c1ccccc1.CC. The average Bonchev–Trinajstić information content (AvgIpc) is 3.36. The molecule has 3 aromatic carbocycles. The summed E-state index contributed by atoms with van der Waals surface area (Å²) in [4.78, 5) is 4.57. The fourth-order valence-corrected chi connectivity index (χ4v) is 3.38. The number of hydrogen-bond donors (Lipinski definition) is 0. The molecule has 0 spiro atoms. The zero-order valence-electron chi connectivity index (χ0n) is 19.5. The van der Waals surface area contributed by atoms with E-state index in [9.17, 15) is 0 Å². The van der Waals surface area contributed by atoms with Gasteiger partial charge in [0, 0.05) is 27.8 Å². The van der Waals surface area contributed by atoms with Crippen LogP contribution in [0, 0.1) is 5.82 Å². The van der Waals surface area contributed by atoms with Crippen LogP contribution in [0.2, 0.25) is 5.02 Å². The molecule has 1 aromatic heterocycles. The molecule has 0 saturated carbocycles. The molecule has 35 heavy (non-hydrogen) atoms. The maximum atomic E-state index is 15.0. The highest BCUT2D eigenvalue weighted by Crippen LogP contribution is 2.29. The molecule has 0 fully saturated rings. The molecule has 0 radical (unpaired) electrons. The first-order chi connectivity index (χ1) is 17.1. The first-order valence-corrected chi connectivity index (χ1v) is 11.4. The van der Waals surface area contributed by atoms with Crippen LogP contribution >= 0.6 is 11.6 Å². The van der Waals surface area contributed by atoms with E-state index in [1.165, 1.54) is 12.1 Å². The molecule has 5 nitrogen and oxygen atoms in total. The molecule has 1 heterocycles. The van der Waals surface area contributed by atoms with Crippen LogP contribution in [-0.2, 0) is 6.61 Å². The molecule has 0 atom stereocenters. The number of ether oxygens (including phenoxy) is 1. The normalized spacial score (nSPS) is 11.5. The highest BCUT2D eigenvalue weighted by Gasteiger charge is 2.13. The minimum atomic E-state index is -0.524. The van der Waals surface area contributed by atoms with Crippen molar-refractivity contribution in [2.75, 3.05) is 0 Å². The fourth-order valence-electron chi connectivity index (χ4n) is 3.17. The van der Waals surface area contributed by atoms with Crippen LogP contribution in [0.5, 0.6) is 5.75 Å². The number of rotatable bonds is 8. The molecule has 7 heteroatoms. The lowest BCUT2D eigenvalue weighted by Gasteiger charge is -2.11. The van der Waals surface area contributed by atoms with Crippen molar-refractivity contribution in [1.82, 2.24) is 10.3 Å². The quantitative estimate of drug-likeness (QED) is 0.185. The molecule has 0 bridgehead atoms. The standard InChI is InChI=1S/C26H19ClFN3O2.C2H6/c1-3-8-17(4-2)26(18-9-6-5-7-10-18)29-24-15-21(27)19(13-22(24)28)16-32-20-11-12-23-25(14-20)31-33-30-23;1-2/h3-15H,1-2,16H2;1-2H3/b17-8+,29-26?;. The third kappa shape index (κ3) is 6.31. The molecular formula is C28H25ClFN3O2. The third-order valence-electron chi connectivity index (χ3n) is 4.81. The Morgan fingerprint density at radius 1 is 1.06 bits per heavy atom. The lowest BCUT2D eigenvalue weighted by molar-refractivity contribution is 0.305. The van der Waals surface area contributed by atoms with Crippen LogP contribution in [-0.4, -0.2) is 16.0 Å². The highest BCUT2D eigenvalue weighted by molar-refractivity contribution is 6.31. The van der Waals surface area contributed by atoms with Gasteiger partial charge in [-0.05, 0) is 34.6 Å². The number of benzene rings is 3. The van der Waals surface area contributed by atoms with Crippen molar-refractivity contribution in [2.24, 2.45) is 4.99 Å². The summed E-state index contributed by atoms with van der Waals surface area (Å²) in [6.07, 6.45) is 5.05. The second-order valence-corrected chi connectivity index (χ2v) is 7.39. The minimum Gasteiger partial charge on any atom is -0.489 e. The van der Waals surface area contributed by atoms with E-state index in [0.717, 1.165) is 5.56 Å². The molecule has 0 saturated heterocycles. The van der Waals surface area contributed by atoms with Crippen molar-refractivity contribution >= 4 is 34.0 Å². The van der Waals surface area contributed by atoms with E-state index in [4.69, 9.17) is 16.3 Å². The third-order valence-corrected chi connectivity index (χ3v) is 5.16. The zero-order chi connectivity index (χ0) is 25.2. The topological polar surface area (TPSA) is 60.5 Å². The van der Waals surface area contributed by atoms with Crippen LogP contribution in [0.25, 0.3) is 11.0 Å². The summed E-state index contributed by atoms with van der Waals surface area (Å²) in [6, 6.07) is 17.4. The summed E-state index contributed by atoms with van der Waals surface area (Å²) in [6.45, 7) is 11.6. The van der Waals surface area contributed by atoms with E-state index in [1.807, 2.05) is 44.2 Å². The first kappa shape index (κ1) is 25.6. The number of nitrogens with zero attached hydrogens (tertiary/aromatic N) is 3. The molecule has 0 unspecified atom stereocenters.